The van der Waals surface area contributed by atoms with Gasteiger partial charge in [-0.25, -0.2) is 0 Å². The van der Waals surface area contributed by atoms with E-state index in [1.54, 1.807) is 12.1 Å². The van der Waals surface area contributed by atoms with E-state index in [9.17, 15) is 18.3 Å². The fourth-order valence-electron chi connectivity index (χ4n) is 3.68. The minimum Gasteiger partial charge on any atom is -0.508 e. The van der Waals surface area contributed by atoms with E-state index >= 15 is 0 Å². The van der Waals surface area contributed by atoms with Crippen LogP contribution < -0.4 is 14.8 Å². The summed E-state index contributed by atoms with van der Waals surface area (Å²) in [5.41, 5.74) is 1.11. The van der Waals surface area contributed by atoms with Crippen molar-refractivity contribution in [3.63, 3.8) is 0 Å². The van der Waals surface area contributed by atoms with Crippen molar-refractivity contribution in [2.45, 2.75) is 24.8 Å². The van der Waals surface area contributed by atoms with Gasteiger partial charge in [0.15, 0.2) is 0 Å². The second-order valence-corrected chi connectivity index (χ2v) is 7.07. The maximum atomic E-state index is 12.3. The first kappa shape index (κ1) is 19.4. The Morgan fingerprint density at radius 3 is 2.34 bits per heavy atom. The second kappa shape index (κ2) is 7.83. The van der Waals surface area contributed by atoms with Gasteiger partial charge >= 0.3 is 6.36 Å². The molecule has 2 N–H and O–H groups in total. The summed E-state index contributed by atoms with van der Waals surface area (Å²) >= 11 is 0. The van der Waals surface area contributed by atoms with Crippen LogP contribution in [-0.4, -0.2) is 30.7 Å². The van der Waals surface area contributed by atoms with Crippen molar-refractivity contribution < 1.29 is 27.8 Å². The molecular weight excluding hydrogens is 383 g/mol. The zero-order valence-corrected chi connectivity index (χ0v) is 15.4. The van der Waals surface area contributed by atoms with Gasteiger partial charge in [0.1, 0.15) is 23.4 Å². The smallest absolute Gasteiger partial charge is 0.508 e. The average Bonchev–Trinajstić information content (AvgIpc) is 2.68. The Bertz CT molecular complexity index is 989. The number of hydrogen-bond donors (Lipinski definition) is 2. The van der Waals surface area contributed by atoms with Crippen LogP contribution in [-0.2, 0) is 0 Å². The molecule has 7 heteroatoms. The van der Waals surface area contributed by atoms with Crippen molar-refractivity contribution in [2.24, 2.45) is 0 Å². The zero-order chi connectivity index (χ0) is 20.4. The number of hydrogen-bond acceptors (Lipinski definition) is 4. The van der Waals surface area contributed by atoms with Gasteiger partial charge in [-0.05, 0) is 65.7 Å². The lowest BCUT2D eigenvalue weighted by Gasteiger charge is -2.33. The Labute approximate surface area is 165 Å². The predicted molar refractivity (Wildman–Crippen MR) is 103 cm³/mol. The molecule has 2 atom stereocenters. The number of benzene rings is 3. The van der Waals surface area contributed by atoms with E-state index in [-0.39, 0.29) is 23.5 Å². The number of phenols is 1. The first-order chi connectivity index (χ1) is 13.9. The maximum Gasteiger partial charge on any atom is 0.573 e. The number of phenolic OH excluding ortho intramolecular Hbond substituents is 1. The maximum absolute atomic E-state index is 12.3. The van der Waals surface area contributed by atoms with Gasteiger partial charge in [-0.3, -0.25) is 0 Å². The molecule has 0 radical (unpaired) electrons. The normalized spacial score (nSPS) is 19.8. The van der Waals surface area contributed by atoms with Crippen molar-refractivity contribution in [1.29, 1.82) is 0 Å². The molecular formula is C22H20F3NO3. The van der Waals surface area contributed by atoms with E-state index in [1.807, 2.05) is 18.2 Å². The van der Waals surface area contributed by atoms with Crippen molar-refractivity contribution in [3.8, 4) is 17.2 Å². The third-order valence-electron chi connectivity index (χ3n) is 5.04. The van der Waals surface area contributed by atoms with Crippen LogP contribution >= 0.6 is 0 Å². The highest BCUT2D eigenvalue weighted by Crippen LogP contribution is 2.32. The first-order valence-electron chi connectivity index (χ1n) is 9.33. The third kappa shape index (κ3) is 4.74. The van der Waals surface area contributed by atoms with Crippen LogP contribution in [0.3, 0.4) is 0 Å². The van der Waals surface area contributed by atoms with Crippen LogP contribution in [0, 0.1) is 0 Å². The summed E-state index contributed by atoms with van der Waals surface area (Å²) in [5, 5.41) is 15.0. The molecule has 0 amide bonds. The van der Waals surface area contributed by atoms with Gasteiger partial charge in [0.05, 0.1) is 0 Å². The number of fused-ring (bicyclic) bond motifs is 1. The van der Waals surface area contributed by atoms with Gasteiger partial charge in [-0.15, -0.1) is 13.2 Å². The number of halogens is 3. The van der Waals surface area contributed by atoms with E-state index < -0.39 is 6.36 Å². The fourth-order valence-corrected chi connectivity index (χ4v) is 3.68. The van der Waals surface area contributed by atoms with Gasteiger partial charge in [-0.2, -0.15) is 0 Å². The van der Waals surface area contributed by atoms with Crippen LogP contribution in [0.1, 0.15) is 17.9 Å². The van der Waals surface area contributed by atoms with Crippen LogP contribution in [0.15, 0.2) is 60.7 Å². The Hall–Kier alpha value is -2.93. The summed E-state index contributed by atoms with van der Waals surface area (Å²) in [5.74, 6) is 0.545. The van der Waals surface area contributed by atoms with Gasteiger partial charge < -0.3 is 19.9 Å². The molecule has 0 bridgehead atoms. The summed E-state index contributed by atoms with van der Waals surface area (Å²) in [6.45, 7) is 1.54. The quantitative estimate of drug-likeness (QED) is 0.646. The molecule has 0 saturated carbocycles. The fraction of sp³-hybridized carbons (Fsp3) is 0.273. The van der Waals surface area contributed by atoms with E-state index in [0.29, 0.717) is 5.75 Å². The highest BCUT2D eigenvalue weighted by molar-refractivity contribution is 5.84. The lowest BCUT2D eigenvalue weighted by Crippen LogP contribution is -2.41. The number of rotatable bonds is 4. The third-order valence-corrected chi connectivity index (χ3v) is 5.04. The number of ether oxygens (including phenoxy) is 2. The summed E-state index contributed by atoms with van der Waals surface area (Å²) < 4.78 is 47.0. The van der Waals surface area contributed by atoms with Gasteiger partial charge in [0, 0.05) is 12.5 Å². The topological polar surface area (TPSA) is 50.7 Å². The molecule has 152 valence electrons. The van der Waals surface area contributed by atoms with E-state index in [0.717, 1.165) is 35.8 Å². The molecule has 29 heavy (non-hydrogen) atoms. The van der Waals surface area contributed by atoms with Crippen molar-refractivity contribution >= 4 is 10.8 Å². The molecule has 1 aliphatic heterocycles. The monoisotopic (exact) mass is 403 g/mol. The Balaban J connectivity index is 1.52. The average molecular weight is 403 g/mol. The molecule has 0 aromatic heterocycles. The summed E-state index contributed by atoms with van der Waals surface area (Å²) in [7, 11) is 0. The molecule has 3 aromatic rings. The standard InChI is InChI=1S/C22H20F3NO3/c23-22(24,25)29-19-7-5-18(6-8-19)28-21-9-10-26-13-20(21)16-2-1-15-12-17(27)4-3-14(15)11-16/h1-8,11-12,20-21,26-27H,9-10,13H2. The number of aromatic hydroxyl groups is 1. The van der Waals surface area contributed by atoms with Gasteiger partial charge in [0.25, 0.3) is 0 Å². The molecule has 0 spiro atoms. The first-order valence-corrected chi connectivity index (χ1v) is 9.33. The van der Waals surface area contributed by atoms with Crippen LogP contribution in [0.2, 0.25) is 0 Å². The van der Waals surface area contributed by atoms with Crippen molar-refractivity contribution in [2.75, 3.05) is 13.1 Å². The molecule has 1 heterocycles. The molecule has 1 saturated heterocycles. The minimum atomic E-state index is -4.71. The van der Waals surface area contributed by atoms with Crippen LogP contribution in [0.25, 0.3) is 10.8 Å². The second-order valence-electron chi connectivity index (χ2n) is 7.07. The highest BCUT2D eigenvalue weighted by atomic mass is 19.4. The highest BCUT2D eigenvalue weighted by Gasteiger charge is 2.31. The Kier molecular flexibility index (Phi) is 5.24. The number of piperidine rings is 1. The summed E-state index contributed by atoms with van der Waals surface area (Å²) in [6, 6.07) is 16.8. The van der Waals surface area contributed by atoms with Crippen LogP contribution in [0.5, 0.6) is 17.2 Å². The van der Waals surface area contributed by atoms with E-state index in [1.165, 1.54) is 24.3 Å². The molecule has 1 fully saturated rings. The largest absolute Gasteiger partial charge is 0.573 e. The van der Waals surface area contributed by atoms with Gasteiger partial charge in [0.2, 0.25) is 0 Å². The Morgan fingerprint density at radius 1 is 0.897 bits per heavy atom. The molecule has 1 aliphatic rings. The lowest BCUT2D eigenvalue weighted by molar-refractivity contribution is -0.274. The number of alkyl halides is 3. The molecule has 4 nitrogen and oxygen atoms in total. The molecule has 3 aromatic carbocycles. The molecule has 4 rings (SSSR count). The predicted octanol–water partition coefficient (Wildman–Crippen LogP) is 4.97. The lowest BCUT2D eigenvalue weighted by atomic mass is 9.87. The minimum absolute atomic E-state index is 0.0908. The summed E-state index contributed by atoms with van der Waals surface area (Å²) in [4.78, 5) is 0. The SMILES string of the molecule is Oc1ccc2cc(C3CNCCC3Oc3ccc(OC(F)(F)F)cc3)ccc2c1. The van der Waals surface area contributed by atoms with Crippen molar-refractivity contribution in [1.82, 2.24) is 5.32 Å². The summed E-state index contributed by atoms with van der Waals surface area (Å²) in [6.07, 6.45) is -4.05. The van der Waals surface area contributed by atoms with E-state index in [2.05, 4.69) is 16.1 Å². The van der Waals surface area contributed by atoms with Crippen molar-refractivity contribution in [3.05, 3.63) is 66.2 Å². The van der Waals surface area contributed by atoms with E-state index in [4.69, 9.17) is 4.74 Å². The van der Waals surface area contributed by atoms with Crippen LogP contribution in [0.4, 0.5) is 13.2 Å². The molecule has 0 aliphatic carbocycles. The zero-order valence-electron chi connectivity index (χ0n) is 15.4. The number of nitrogens with one attached hydrogen (secondary N) is 1. The Morgan fingerprint density at radius 2 is 1.59 bits per heavy atom. The molecule has 2 unspecified atom stereocenters. The van der Waals surface area contributed by atoms with Gasteiger partial charge in [-0.1, -0.05) is 24.3 Å².